The maximum atomic E-state index is 13.9. The average molecular weight is 302 g/mol. The summed E-state index contributed by atoms with van der Waals surface area (Å²) in [6.07, 6.45) is 1.84. The number of fused-ring (bicyclic) bond motifs is 2. The van der Waals surface area contributed by atoms with Gasteiger partial charge in [-0.3, -0.25) is 4.99 Å². The van der Waals surface area contributed by atoms with Crippen molar-refractivity contribution >= 4 is 44.0 Å². The van der Waals surface area contributed by atoms with E-state index in [0.717, 1.165) is 44.5 Å². The Bertz CT molecular complexity index is 788. The number of halogens is 1. The smallest absolute Gasteiger partial charge is 0.168 e. The fraction of sp³-hybridized carbons (Fsp3) is 0.133. The Labute approximate surface area is 124 Å². The van der Waals surface area contributed by atoms with Crippen LogP contribution in [0, 0.1) is 5.82 Å². The van der Waals surface area contributed by atoms with Crippen molar-refractivity contribution in [1.82, 2.24) is 4.90 Å². The van der Waals surface area contributed by atoms with E-state index in [-0.39, 0.29) is 5.82 Å². The van der Waals surface area contributed by atoms with Crippen LogP contribution < -0.4 is 0 Å². The van der Waals surface area contributed by atoms with Crippen LogP contribution in [-0.4, -0.2) is 23.2 Å². The number of hydrogen-bond acceptors (Lipinski definition) is 4. The van der Waals surface area contributed by atoms with Crippen LogP contribution in [-0.2, 0) is 0 Å². The Balaban J connectivity index is 2.00. The van der Waals surface area contributed by atoms with Gasteiger partial charge in [-0.15, -0.1) is 11.3 Å². The zero-order valence-electron chi connectivity index (χ0n) is 10.6. The second-order valence-electron chi connectivity index (χ2n) is 4.63. The highest BCUT2D eigenvalue weighted by atomic mass is 32.2. The van der Waals surface area contributed by atoms with Crippen LogP contribution in [0.1, 0.15) is 5.56 Å². The van der Waals surface area contributed by atoms with E-state index in [1.807, 2.05) is 17.5 Å². The molecule has 0 saturated carbocycles. The highest BCUT2D eigenvalue weighted by Crippen LogP contribution is 2.44. The van der Waals surface area contributed by atoms with Gasteiger partial charge in [-0.05, 0) is 40.7 Å². The Hall–Kier alpha value is -1.59. The second kappa shape index (κ2) is 4.46. The van der Waals surface area contributed by atoms with Crippen LogP contribution in [0.15, 0.2) is 46.1 Å². The van der Waals surface area contributed by atoms with Crippen molar-refractivity contribution in [2.45, 2.75) is 0 Å². The van der Waals surface area contributed by atoms with Gasteiger partial charge >= 0.3 is 0 Å². The molecule has 0 fully saturated rings. The Morgan fingerprint density at radius 2 is 2.30 bits per heavy atom. The summed E-state index contributed by atoms with van der Waals surface area (Å²) < 4.78 is 15.0. The highest BCUT2D eigenvalue weighted by Gasteiger charge is 2.32. The molecule has 2 aromatic rings. The van der Waals surface area contributed by atoms with Crippen molar-refractivity contribution < 1.29 is 4.39 Å². The third kappa shape index (κ3) is 1.66. The minimum atomic E-state index is -0.198. The molecule has 1 aromatic carbocycles. The predicted molar refractivity (Wildman–Crippen MR) is 85.5 cm³/mol. The molecule has 1 aromatic heterocycles. The van der Waals surface area contributed by atoms with Crippen LogP contribution in [0.5, 0.6) is 0 Å². The molecular weight excluding hydrogens is 291 g/mol. The van der Waals surface area contributed by atoms with Gasteiger partial charge in [0.05, 0.1) is 12.2 Å². The molecule has 5 heteroatoms. The van der Waals surface area contributed by atoms with Crippen molar-refractivity contribution in [1.29, 1.82) is 0 Å². The van der Waals surface area contributed by atoms with Crippen LogP contribution in [0.25, 0.3) is 15.8 Å². The number of hydrogen-bond donors (Lipinski definition) is 0. The third-order valence-electron chi connectivity index (χ3n) is 3.46. The molecule has 0 aliphatic carbocycles. The maximum absolute atomic E-state index is 13.9. The van der Waals surface area contributed by atoms with E-state index >= 15 is 0 Å². The fourth-order valence-electron chi connectivity index (χ4n) is 2.64. The lowest BCUT2D eigenvalue weighted by atomic mass is 10.1. The van der Waals surface area contributed by atoms with Crippen LogP contribution in [0.4, 0.5) is 4.39 Å². The van der Waals surface area contributed by atoms with E-state index < -0.39 is 0 Å². The summed E-state index contributed by atoms with van der Waals surface area (Å²) >= 11 is 3.27. The summed E-state index contributed by atoms with van der Waals surface area (Å²) in [5, 5.41) is 3.96. The van der Waals surface area contributed by atoms with Crippen molar-refractivity contribution in [3.63, 3.8) is 0 Å². The monoisotopic (exact) mass is 302 g/mol. The number of thiophene rings is 1. The lowest BCUT2D eigenvalue weighted by molar-refractivity contribution is 0.624. The molecule has 0 spiro atoms. The molecule has 0 saturated heterocycles. The first-order valence-electron chi connectivity index (χ1n) is 6.31. The second-order valence-corrected chi connectivity index (χ2v) is 6.55. The van der Waals surface area contributed by atoms with Crippen molar-refractivity contribution in [3.8, 4) is 0 Å². The fourth-order valence-corrected chi connectivity index (χ4v) is 4.58. The Kier molecular flexibility index (Phi) is 2.72. The standard InChI is InChI=1S/C15H11FN2S2/c1-2-12-13(18-5-4-17-15(18)20-12)11-8-10(16)7-9-3-6-19-14(9)11/h2-3,6-8H,1,4-5H2. The molecule has 4 rings (SSSR count). The zero-order valence-corrected chi connectivity index (χ0v) is 12.2. The molecule has 0 radical (unpaired) electrons. The summed E-state index contributed by atoms with van der Waals surface area (Å²) in [5.74, 6) is -0.198. The summed E-state index contributed by atoms with van der Waals surface area (Å²) in [6, 6.07) is 5.17. The van der Waals surface area contributed by atoms with Gasteiger partial charge in [0.25, 0.3) is 0 Å². The quantitative estimate of drug-likeness (QED) is 0.821. The molecule has 2 aliphatic rings. The Morgan fingerprint density at radius 3 is 3.15 bits per heavy atom. The van der Waals surface area contributed by atoms with Gasteiger partial charge in [-0.25, -0.2) is 4.39 Å². The van der Waals surface area contributed by atoms with Gasteiger partial charge in [-0.2, -0.15) is 0 Å². The normalized spacial score (nSPS) is 17.9. The number of rotatable bonds is 2. The molecule has 0 atom stereocenters. The highest BCUT2D eigenvalue weighted by molar-refractivity contribution is 8.17. The SMILES string of the molecule is C=CC1=C(c2cc(F)cc3ccsc23)N2CCN=C2S1. The molecule has 0 bridgehead atoms. The van der Waals surface area contributed by atoms with Crippen LogP contribution >= 0.6 is 23.1 Å². The summed E-state index contributed by atoms with van der Waals surface area (Å²) in [5.41, 5.74) is 2.00. The van der Waals surface area contributed by atoms with E-state index in [9.17, 15) is 4.39 Å². The van der Waals surface area contributed by atoms with E-state index in [0.29, 0.717) is 0 Å². The lowest BCUT2D eigenvalue weighted by Crippen LogP contribution is -2.20. The largest absolute Gasteiger partial charge is 0.317 e. The van der Waals surface area contributed by atoms with Crippen molar-refractivity contribution in [2.24, 2.45) is 4.99 Å². The Morgan fingerprint density at radius 1 is 1.40 bits per heavy atom. The third-order valence-corrected chi connectivity index (χ3v) is 5.54. The number of thioether (sulfide) groups is 1. The van der Waals surface area contributed by atoms with Gasteiger partial charge in [-0.1, -0.05) is 12.7 Å². The molecule has 100 valence electrons. The van der Waals surface area contributed by atoms with Gasteiger partial charge in [0.1, 0.15) is 5.82 Å². The van der Waals surface area contributed by atoms with E-state index in [2.05, 4.69) is 16.5 Å². The molecule has 0 N–H and O–H groups in total. The van der Waals surface area contributed by atoms with Gasteiger partial charge in [0.2, 0.25) is 0 Å². The van der Waals surface area contributed by atoms with Gasteiger partial charge < -0.3 is 4.90 Å². The number of amidine groups is 1. The van der Waals surface area contributed by atoms with E-state index in [4.69, 9.17) is 0 Å². The number of allylic oxidation sites excluding steroid dienone is 1. The summed E-state index contributed by atoms with van der Waals surface area (Å²) in [6.45, 7) is 5.55. The molecule has 20 heavy (non-hydrogen) atoms. The van der Waals surface area contributed by atoms with Crippen LogP contribution in [0.3, 0.4) is 0 Å². The van der Waals surface area contributed by atoms with Crippen LogP contribution in [0.2, 0.25) is 0 Å². The maximum Gasteiger partial charge on any atom is 0.168 e. The van der Waals surface area contributed by atoms with E-state index in [1.54, 1.807) is 35.2 Å². The van der Waals surface area contributed by atoms with E-state index in [1.165, 1.54) is 0 Å². The lowest BCUT2D eigenvalue weighted by Gasteiger charge is -2.17. The molecule has 2 nitrogen and oxygen atoms in total. The molecule has 2 aliphatic heterocycles. The molecule has 0 amide bonds. The van der Waals surface area contributed by atoms with Crippen molar-refractivity contribution in [2.75, 3.05) is 13.1 Å². The minimum absolute atomic E-state index is 0.198. The number of aliphatic imine (C=N–C) groups is 1. The molecular formula is C15H11FN2S2. The van der Waals surface area contributed by atoms with Crippen molar-refractivity contribution in [3.05, 3.63) is 52.5 Å². The summed E-state index contributed by atoms with van der Waals surface area (Å²) in [7, 11) is 0. The number of nitrogens with zero attached hydrogens (tertiary/aromatic N) is 2. The van der Waals surface area contributed by atoms with Gasteiger partial charge in [0, 0.05) is 21.7 Å². The minimum Gasteiger partial charge on any atom is -0.317 e. The average Bonchev–Trinajstić information content (AvgIpc) is 3.11. The van der Waals surface area contributed by atoms with Gasteiger partial charge in [0.15, 0.2) is 5.17 Å². The molecule has 3 heterocycles. The first-order chi connectivity index (χ1) is 9.78. The first kappa shape index (κ1) is 12.2. The zero-order chi connectivity index (χ0) is 13.7. The summed E-state index contributed by atoms with van der Waals surface area (Å²) in [4.78, 5) is 7.72. The topological polar surface area (TPSA) is 15.6 Å². The first-order valence-corrected chi connectivity index (χ1v) is 8.01. The predicted octanol–water partition coefficient (Wildman–Crippen LogP) is 4.31. The molecule has 0 unspecified atom stereocenters. The number of benzene rings is 1.